The molecule has 0 spiro atoms. The number of halogens is 1. The smallest absolute Gasteiger partial charge is 0.234 e. The fourth-order valence-electron chi connectivity index (χ4n) is 2.90. The minimum atomic E-state index is -0.195. The Balaban J connectivity index is 1.57. The molecule has 0 aliphatic carbocycles. The molecule has 0 radical (unpaired) electrons. The molecule has 0 unspecified atom stereocenters. The Hall–Kier alpha value is -3.23. The van der Waals surface area contributed by atoms with Gasteiger partial charge in [-0.2, -0.15) is 0 Å². The number of amides is 1. The quantitative estimate of drug-likeness (QED) is 0.363. The summed E-state index contributed by atoms with van der Waals surface area (Å²) in [5.74, 6) is 1.83. The van der Waals surface area contributed by atoms with Crippen LogP contribution in [0.5, 0.6) is 5.75 Å². The molecular weight excluding hydrogens is 436 g/mol. The van der Waals surface area contributed by atoms with Crippen molar-refractivity contribution in [1.82, 2.24) is 14.8 Å². The number of rotatable bonds is 8. The van der Waals surface area contributed by atoms with E-state index < -0.39 is 0 Å². The highest BCUT2D eigenvalue weighted by Gasteiger charge is 2.19. The Bertz CT molecular complexity index is 1160. The third-order valence-corrected chi connectivity index (χ3v) is 5.52. The van der Waals surface area contributed by atoms with Gasteiger partial charge in [-0.15, -0.1) is 10.2 Å². The molecule has 0 atom stereocenters. The van der Waals surface area contributed by atoms with Crippen molar-refractivity contribution < 1.29 is 13.9 Å². The minimum absolute atomic E-state index is 0.137. The molecule has 0 aliphatic rings. The van der Waals surface area contributed by atoms with Gasteiger partial charge in [-0.05, 0) is 55.5 Å². The Morgan fingerprint density at radius 1 is 1.13 bits per heavy atom. The molecular formula is C22H19ClN4O3S. The monoisotopic (exact) mass is 454 g/mol. The molecule has 31 heavy (non-hydrogen) atoms. The topological polar surface area (TPSA) is 82.2 Å². The SMILES string of the molecule is CCOc1ccc(-n2c(SCC(=O)Nc3ccccc3Cl)nnc2-c2ccco2)cc1. The van der Waals surface area contributed by atoms with E-state index in [9.17, 15) is 4.79 Å². The highest BCUT2D eigenvalue weighted by atomic mass is 35.5. The molecule has 4 rings (SSSR count). The lowest BCUT2D eigenvalue weighted by atomic mass is 10.3. The molecule has 0 saturated heterocycles. The second-order valence-electron chi connectivity index (χ2n) is 6.36. The highest BCUT2D eigenvalue weighted by Crippen LogP contribution is 2.29. The predicted molar refractivity (Wildman–Crippen MR) is 121 cm³/mol. The van der Waals surface area contributed by atoms with Gasteiger partial charge in [-0.1, -0.05) is 35.5 Å². The van der Waals surface area contributed by atoms with Crippen molar-refractivity contribution in [1.29, 1.82) is 0 Å². The first kappa shape index (κ1) is 21.0. The number of nitrogens with one attached hydrogen (secondary N) is 1. The van der Waals surface area contributed by atoms with E-state index >= 15 is 0 Å². The number of hydrogen-bond acceptors (Lipinski definition) is 6. The number of aromatic nitrogens is 3. The highest BCUT2D eigenvalue weighted by molar-refractivity contribution is 7.99. The molecule has 0 fully saturated rings. The van der Waals surface area contributed by atoms with Gasteiger partial charge in [0.1, 0.15) is 5.75 Å². The van der Waals surface area contributed by atoms with Gasteiger partial charge in [-0.3, -0.25) is 9.36 Å². The summed E-state index contributed by atoms with van der Waals surface area (Å²) in [6.07, 6.45) is 1.58. The molecule has 1 N–H and O–H groups in total. The van der Waals surface area contributed by atoms with Gasteiger partial charge >= 0.3 is 0 Å². The van der Waals surface area contributed by atoms with Gasteiger partial charge < -0.3 is 14.5 Å². The van der Waals surface area contributed by atoms with Gasteiger partial charge in [0.2, 0.25) is 11.7 Å². The first-order valence-electron chi connectivity index (χ1n) is 9.55. The predicted octanol–water partition coefficient (Wildman–Crippen LogP) is 5.31. The second kappa shape index (κ2) is 9.72. The van der Waals surface area contributed by atoms with Crippen LogP contribution in [0.15, 0.2) is 76.5 Å². The van der Waals surface area contributed by atoms with Crippen LogP contribution >= 0.6 is 23.4 Å². The van der Waals surface area contributed by atoms with Crippen LogP contribution in [0.25, 0.3) is 17.3 Å². The molecule has 158 valence electrons. The van der Waals surface area contributed by atoms with Crippen molar-refractivity contribution in [3.63, 3.8) is 0 Å². The first-order chi connectivity index (χ1) is 15.2. The number of hydrogen-bond donors (Lipinski definition) is 1. The number of ether oxygens (including phenoxy) is 1. The summed E-state index contributed by atoms with van der Waals surface area (Å²) in [6.45, 7) is 2.52. The zero-order valence-electron chi connectivity index (χ0n) is 16.6. The number of anilines is 1. The lowest BCUT2D eigenvalue weighted by Gasteiger charge is -2.11. The molecule has 0 aliphatic heterocycles. The number of furan rings is 1. The maximum absolute atomic E-state index is 12.5. The lowest BCUT2D eigenvalue weighted by molar-refractivity contribution is -0.113. The molecule has 1 amide bonds. The third kappa shape index (κ3) is 4.92. The summed E-state index contributed by atoms with van der Waals surface area (Å²) in [7, 11) is 0. The molecule has 2 aromatic heterocycles. The van der Waals surface area contributed by atoms with Crippen LogP contribution < -0.4 is 10.1 Å². The standard InChI is InChI=1S/C22H19ClN4O3S/c1-2-29-16-11-9-15(10-12-16)27-21(19-8-5-13-30-19)25-26-22(27)31-14-20(28)24-18-7-4-3-6-17(18)23/h3-13H,2,14H2,1H3,(H,24,28). The zero-order valence-corrected chi connectivity index (χ0v) is 18.2. The summed E-state index contributed by atoms with van der Waals surface area (Å²) in [4.78, 5) is 12.5. The number of nitrogens with zero attached hydrogens (tertiary/aromatic N) is 3. The molecule has 9 heteroatoms. The van der Waals surface area contributed by atoms with Crippen molar-refractivity contribution >= 4 is 35.0 Å². The van der Waals surface area contributed by atoms with Crippen LogP contribution in [-0.2, 0) is 4.79 Å². The molecule has 4 aromatic rings. The van der Waals surface area contributed by atoms with Gasteiger partial charge in [0.15, 0.2) is 10.9 Å². The van der Waals surface area contributed by atoms with Crippen molar-refractivity contribution in [2.24, 2.45) is 0 Å². The molecule has 2 aromatic carbocycles. The van der Waals surface area contributed by atoms with Crippen molar-refractivity contribution in [3.05, 3.63) is 71.9 Å². The van der Waals surface area contributed by atoms with E-state index in [-0.39, 0.29) is 11.7 Å². The van der Waals surface area contributed by atoms with E-state index in [1.54, 1.807) is 24.5 Å². The summed E-state index contributed by atoms with van der Waals surface area (Å²) in [5.41, 5.74) is 1.40. The Kier molecular flexibility index (Phi) is 6.59. The van der Waals surface area contributed by atoms with Crippen LogP contribution in [0.4, 0.5) is 5.69 Å². The zero-order chi connectivity index (χ0) is 21.6. The number of thioether (sulfide) groups is 1. The number of carbonyl (C=O) groups is 1. The van der Waals surface area contributed by atoms with Crippen LogP contribution in [0.3, 0.4) is 0 Å². The third-order valence-electron chi connectivity index (χ3n) is 4.26. The first-order valence-corrected chi connectivity index (χ1v) is 10.9. The molecule has 7 nitrogen and oxygen atoms in total. The van der Waals surface area contributed by atoms with Crippen molar-refractivity contribution in [2.75, 3.05) is 17.7 Å². The van der Waals surface area contributed by atoms with Crippen LogP contribution in [0.2, 0.25) is 5.02 Å². The molecule has 0 bridgehead atoms. The van der Waals surface area contributed by atoms with Crippen LogP contribution in [0, 0.1) is 0 Å². The Labute approximate surface area is 188 Å². The van der Waals surface area contributed by atoms with E-state index in [0.717, 1.165) is 11.4 Å². The summed E-state index contributed by atoms with van der Waals surface area (Å²) in [6, 6.07) is 18.3. The summed E-state index contributed by atoms with van der Waals surface area (Å²) >= 11 is 7.39. The Morgan fingerprint density at radius 3 is 2.65 bits per heavy atom. The van der Waals surface area contributed by atoms with Crippen LogP contribution in [-0.4, -0.2) is 33.0 Å². The van der Waals surface area contributed by atoms with Gasteiger partial charge in [0, 0.05) is 0 Å². The lowest BCUT2D eigenvalue weighted by Crippen LogP contribution is -2.14. The van der Waals surface area contributed by atoms with Gasteiger partial charge in [0.25, 0.3) is 0 Å². The van der Waals surface area contributed by atoms with E-state index in [4.69, 9.17) is 20.8 Å². The number of benzene rings is 2. The van der Waals surface area contributed by atoms with Crippen molar-refractivity contribution in [2.45, 2.75) is 12.1 Å². The maximum Gasteiger partial charge on any atom is 0.234 e. The second-order valence-corrected chi connectivity index (χ2v) is 7.71. The maximum atomic E-state index is 12.5. The number of para-hydroxylation sites is 1. The van der Waals surface area contributed by atoms with Gasteiger partial charge in [-0.25, -0.2) is 0 Å². The normalized spacial score (nSPS) is 10.8. The Morgan fingerprint density at radius 2 is 1.94 bits per heavy atom. The minimum Gasteiger partial charge on any atom is -0.494 e. The largest absolute Gasteiger partial charge is 0.494 e. The van der Waals surface area contributed by atoms with E-state index in [1.807, 2.05) is 54.0 Å². The van der Waals surface area contributed by atoms with Crippen molar-refractivity contribution in [3.8, 4) is 23.0 Å². The molecule has 2 heterocycles. The van der Waals surface area contributed by atoms with Crippen LogP contribution in [0.1, 0.15) is 6.92 Å². The fraction of sp³-hybridized carbons (Fsp3) is 0.136. The average Bonchev–Trinajstić information content (AvgIpc) is 3.44. The summed E-state index contributed by atoms with van der Waals surface area (Å²) < 4.78 is 12.9. The molecule has 0 saturated carbocycles. The summed E-state index contributed by atoms with van der Waals surface area (Å²) in [5, 5.41) is 12.4. The number of carbonyl (C=O) groups excluding carboxylic acids is 1. The van der Waals surface area contributed by atoms with E-state index in [0.29, 0.717) is 34.1 Å². The van der Waals surface area contributed by atoms with Gasteiger partial charge in [0.05, 0.1) is 35.0 Å². The average molecular weight is 455 g/mol. The van der Waals surface area contributed by atoms with E-state index in [2.05, 4.69) is 15.5 Å². The fourth-order valence-corrected chi connectivity index (χ4v) is 3.83. The van der Waals surface area contributed by atoms with E-state index in [1.165, 1.54) is 11.8 Å².